The van der Waals surface area contributed by atoms with Crippen molar-refractivity contribution in [3.05, 3.63) is 17.7 Å². The van der Waals surface area contributed by atoms with Crippen LogP contribution in [0.4, 0.5) is 0 Å². The van der Waals surface area contributed by atoms with E-state index in [1.165, 1.54) is 12.1 Å². The van der Waals surface area contributed by atoms with E-state index in [1.54, 1.807) is 0 Å². The van der Waals surface area contributed by atoms with E-state index in [2.05, 4.69) is 0 Å². The van der Waals surface area contributed by atoms with Gasteiger partial charge in [0.15, 0.2) is 17.2 Å². The Labute approximate surface area is 127 Å². The van der Waals surface area contributed by atoms with Crippen molar-refractivity contribution in [3.8, 4) is 17.2 Å². The third-order valence-corrected chi connectivity index (χ3v) is 4.59. The van der Waals surface area contributed by atoms with Gasteiger partial charge in [0, 0.05) is 5.92 Å². The number of aromatic hydroxyl groups is 3. The first kappa shape index (κ1) is 15.4. The molecule has 1 aliphatic carbocycles. The smallest absolute Gasteiger partial charge is 0.200 e. The molecular formula is C15H20O7. The fourth-order valence-corrected chi connectivity index (χ4v) is 3.48. The molecule has 0 unspecified atom stereocenters. The summed E-state index contributed by atoms with van der Waals surface area (Å²) in [5.74, 6) is -1.89. The van der Waals surface area contributed by atoms with Crippen LogP contribution in [0, 0.1) is 5.92 Å². The number of phenolic OH excluding ortho intramolecular Hbond substituents is 3. The molecule has 122 valence electrons. The molecule has 3 rings (SSSR count). The van der Waals surface area contributed by atoms with Crippen molar-refractivity contribution >= 4 is 0 Å². The number of fused-ring (bicyclic) bond motifs is 1. The summed E-state index contributed by atoms with van der Waals surface area (Å²) in [6, 6.07) is 2.44. The molecule has 2 aliphatic rings. The number of phenols is 3. The van der Waals surface area contributed by atoms with Gasteiger partial charge in [-0.1, -0.05) is 0 Å². The highest BCUT2D eigenvalue weighted by atomic mass is 16.5. The molecule has 1 saturated heterocycles. The topological polar surface area (TPSA) is 131 Å². The Morgan fingerprint density at radius 2 is 1.50 bits per heavy atom. The van der Waals surface area contributed by atoms with Crippen LogP contribution >= 0.6 is 0 Å². The molecule has 6 N–H and O–H groups in total. The SMILES string of the molecule is Oc1cc([C@H]2O[C@H]3C[C@H](O)C[C@@H](O)[C@@H]3C[C@H]2O)cc(O)c1O. The minimum atomic E-state index is -0.922. The van der Waals surface area contributed by atoms with Crippen molar-refractivity contribution in [1.29, 1.82) is 0 Å². The molecule has 0 aromatic heterocycles. The minimum Gasteiger partial charge on any atom is -0.504 e. The van der Waals surface area contributed by atoms with Crippen LogP contribution in [0.25, 0.3) is 0 Å². The summed E-state index contributed by atoms with van der Waals surface area (Å²) in [6.45, 7) is 0. The highest BCUT2D eigenvalue weighted by Gasteiger charge is 2.45. The molecule has 0 radical (unpaired) electrons. The highest BCUT2D eigenvalue weighted by molar-refractivity contribution is 5.51. The van der Waals surface area contributed by atoms with Crippen LogP contribution in [0.15, 0.2) is 12.1 Å². The average molecular weight is 312 g/mol. The second kappa shape index (κ2) is 5.58. The van der Waals surface area contributed by atoms with Gasteiger partial charge in [-0.2, -0.15) is 0 Å². The van der Waals surface area contributed by atoms with Gasteiger partial charge in [-0.3, -0.25) is 0 Å². The molecule has 1 aromatic carbocycles. The zero-order valence-corrected chi connectivity index (χ0v) is 11.8. The number of rotatable bonds is 1. The van der Waals surface area contributed by atoms with Gasteiger partial charge in [0.1, 0.15) is 6.10 Å². The lowest BCUT2D eigenvalue weighted by Gasteiger charge is -2.45. The number of ether oxygens (including phenoxy) is 1. The van der Waals surface area contributed by atoms with Crippen molar-refractivity contribution in [2.45, 2.75) is 49.8 Å². The van der Waals surface area contributed by atoms with Crippen molar-refractivity contribution < 1.29 is 35.4 Å². The monoisotopic (exact) mass is 312 g/mol. The minimum absolute atomic E-state index is 0.256. The predicted octanol–water partition coefficient (Wildman–Crippen LogP) is 0.126. The van der Waals surface area contributed by atoms with E-state index in [9.17, 15) is 30.6 Å². The Kier molecular flexibility index (Phi) is 3.90. The Morgan fingerprint density at radius 1 is 0.864 bits per heavy atom. The number of aliphatic hydroxyl groups is 3. The molecule has 0 amide bonds. The lowest BCUT2D eigenvalue weighted by molar-refractivity contribution is -0.196. The van der Waals surface area contributed by atoms with E-state index in [0.717, 1.165) is 0 Å². The lowest BCUT2D eigenvalue weighted by Crippen LogP contribution is -2.50. The summed E-state index contributed by atoms with van der Waals surface area (Å²) in [6.07, 6.45) is -2.61. The standard InChI is InChI=1S/C15H20O7/c16-7-3-9(17)8-5-12(20)15(22-13(8)4-7)6-1-10(18)14(21)11(19)2-6/h1-2,7-9,12-13,15-21H,3-5H2/t7-,8+,9-,12-,13+,15-/m1/s1. The van der Waals surface area contributed by atoms with Gasteiger partial charge in [0.25, 0.3) is 0 Å². The van der Waals surface area contributed by atoms with Crippen LogP contribution in [-0.2, 0) is 4.74 Å². The van der Waals surface area contributed by atoms with Crippen LogP contribution in [0.5, 0.6) is 17.2 Å². The molecule has 0 bridgehead atoms. The summed E-state index contributed by atoms with van der Waals surface area (Å²) < 4.78 is 5.81. The van der Waals surface area contributed by atoms with Gasteiger partial charge >= 0.3 is 0 Å². The predicted molar refractivity (Wildman–Crippen MR) is 74.4 cm³/mol. The second-order valence-electron chi connectivity index (χ2n) is 6.16. The highest BCUT2D eigenvalue weighted by Crippen LogP contribution is 2.44. The zero-order valence-electron chi connectivity index (χ0n) is 11.8. The Balaban J connectivity index is 1.86. The fraction of sp³-hybridized carbons (Fsp3) is 0.600. The van der Waals surface area contributed by atoms with E-state index in [-0.39, 0.29) is 12.3 Å². The summed E-state index contributed by atoms with van der Waals surface area (Å²) in [5, 5.41) is 58.6. The Bertz CT molecular complexity index is 538. The Hall–Kier alpha value is -1.54. The largest absolute Gasteiger partial charge is 0.504 e. The third-order valence-electron chi connectivity index (χ3n) is 4.59. The second-order valence-corrected chi connectivity index (χ2v) is 6.16. The summed E-state index contributed by atoms with van der Waals surface area (Å²) >= 11 is 0. The first-order valence-electron chi connectivity index (χ1n) is 7.31. The molecule has 1 aliphatic heterocycles. The summed E-state index contributed by atoms with van der Waals surface area (Å²) in [5.41, 5.74) is 0.327. The lowest BCUT2D eigenvalue weighted by atomic mass is 9.76. The van der Waals surface area contributed by atoms with Gasteiger partial charge in [-0.15, -0.1) is 0 Å². The van der Waals surface area contributed by atoms with Gasteiger partial charge in [-0.25, -0.2) is 0 Å². The summed E-state index contributed by atoms with van der Waals surface area (Å²) in [4.78, 5) is 0. The van der Waals surface area contributed by atoms with Crippen LogP contribution in [0.1, 0.15) is 30.9 Å². The molecule has 2 fully saturated rings. The van der Waals surface area contributed by atoms with Gasteiger partial charge in [-0.05, 0) is 37.0 Å². The first-order valence-corrected chi connectivity index (χ1v) is 7.31. The van der Waals surface area contributed by atoms with Gasteiger partial charge in [0.2, 0.25) is 0 Å². The van der Waals surface area contributed by atoms with Gasteiger partial charge < -0.3 is 35.4 Å². The maximum Gasteiger partial charge on any atom is 0.200 e. The molecular weight excluding hydrogens is 292 g/mol. The normalized spacial score (nSPS) is 38.5. The van der Waals surface area contributed by atoms with E-state index in [1.807, 2.05) is 0 Å². The zero-order chi connectivity index (χ0) is 16.0. The molecule has 1 saturated carbocycles. The quantitative estimate of drug-likeness (QED) is 0.406. The van der Waals surface area contributed by atoms with Crippen molar-refractivity contribution in [2.75, 3.05) is 0 Å². The molecule has 0 spiro atoms. The average Bonchev–Trinajstić information content (AvgIpc) is 2.44. The van der Waals surface area contributed by atoms with Crippen LogP contribution in [0.2, 0.25) is 0 Å². The Morgan fingerprint density at radius 3 is 2.14 bits per heavy atom. The third kappa shape index (κ3) is 2.61. The molecule has 1 aromatic rings. The molecule has 7 nitrogen and oxygen atoms in total. The maximum absolute atomic E-state index is 10.3. The number of aliphatic hydroxyl groups excluding tert-OH is 3. The number of hydrogen-bond donors (Lipinski definition) is 6. The number of benzene rings is 1. The first-order chi connectivity index (χ1) is 10.4. The molecule has 6 atom stereocenters. The van der Waals surface area contributed by atoms with E-state index >= 15 is 0 Å². The van der Waals surface area contributed by atoms with E-state index in [0.29, 0.717) is 18.4 Å². The van der Waals surface area contributed by atoms with E-state index in [4.69, 9.17) is 4.74 Å². The molecule has 1 heterocycles. The van der Waals surface area contributed by atoms with Gasteiger partial charge in [0.05, 0.1) is 24.4 Å². The summed E-state index contributed by atoms with van der Waals surface area (Å²) in [7, 11) is 0. The van der Waals surface area contributed by atoms with E-state index < -0.39 is 47.8 Å². The van der Waals surface area contributed by atoms with Crippen molar-refractivity contribution in [3.63, 3.8) is 0 Å². The maximum atomic E-state index is 10.3. The van der Waals surface area contributed by atoms with Crippen molar-refractivity contribution in [1.82, 2.24) is 0 Å². The van der Waals surface area contributed by atoms with Crippen molar-refractivity contribution in [2.24, 2.45) is 5.92 Å². The fourth-order valence-electron chi connectivity index (χ4n) is 3.48. The molecule has 7 heteroatoms. The number of hydrogen-bond acceptors (Lipinski definition) is 7. The van der Waals surface area contributed by atoms with Crippen LogP contribution in [0.3, 0.4) is 0 Å². The van der Waals surface area contributed by atoms with Crippen LogP contribution < -0.4 is 0 Å². The van der Waals surface area contributed by atoms with Crippen LogP contribution in [-0.4, -0.2) is 55.1 Å². The molecule has 22 heavy (non-hydrogen) atoms.